The van der Waals surface area contributed by atoms with E-state index in [4.69, 9.17) is 11.6 Å². The molecule has 0 fully saturated rings. The summed E-state index contributed by atoms with van der Waals surface area (Å²) in [7, 11) is -4.38. The summed E-state index contributed by atoms with van der Waals surface area (Å²) >= 11 is 6.05. The van der Waals surface area contributed by atoms with Crippen molar-refractivity contribution in [1.82, 2.24) is 4.31 Å². The van der Waals surface area contributed by atoms with Crippen LogP contribution < -0.4 is 5.32 Å². The van der Waals surface area contributed by atoms with Gasteiger partial charge in [-0.3, -0.25) is 4.79 Å². The SMILES string of the molecule is C=CCN(CC(=O)Nc1ccc(C)cc1Cl)S(=O)(=O)c1cccc(C(F)(F)F)c1. The molecule has 0 aromatic heterocycles. The Balaban J connectivity index is 2.28. The van der Waals surface area contributed by atoms with E-state index in [-0.39, 0.29) is 17.3 Å². The molecule has 156 valence electrons. The largest absolute Gasteiger partial charge is 0.416 e. The molecule has 0 aliphatic carbocycles. The minimum atomic E-state index is -4.70. The number of anilines is 1. The number of carbonyl (C=O) groups excluding carboxylic acids is 1. The van der Waals surface area contributed by atoms with E-state index < -0.39 is 39.1 Å². The zero-order chi connectivity index (χ0) is 21.8. The fraction of sp³-hybridized carbons (Fsp3) is 0.211. The molecule has 0 aliphatic rings. The highest BCUT2D eigenvalue weighted by atomic mass is 35.5. The Morgan fingerprint density at radius 2 is 1.93 bits per heavy atom. The van der Waals surface area contributed by atoms with Crippen LogP contribution in [0, 0.1) is 6.92 Å². The smallest absolute Gasteiger partial charge is 0.324 e. The Labute approximate surface area is 171 Å². The van der Waals surface area contributed by atoms with Gasteiger partial charge in [-0.05, 0) is 42.8 Å². The molecule has 29 heavy (non-hydrogen) atoms. The number of benzene rings is 2. The third-order valence-electron chi connectivity index (χ3n) is 3.85. The molecule has 0 radical (unpaired) electrons. The maximum Gasteiger partial charge on any atom is 0.416 e. The highest BCUT2D eigenvalue weighted by molar-refractivity contribution is 7.89. The van der Waals surface area contributed by atoms with Crippen molar-refractivity contribution in [3.8, 4) is 0 Å². The predicted molar refractivity (Wildman–Crippen MR) is 105 cm³/mol. The van der Waals surface area contributed by atoms with Gasteiger partial charge in [-0.1, -0.05) is 29.8 Å². The topological polar surface area (TPSA) is 66.5 Å². The zero-order valence-corrected chi connectivity index (χ0v) is 16.9. The van der Waals surface area contributed by atoms with Gasteiger partial charge in [-0.2, -0.15) is 17.5 Å². The molecule has 0 saturated carbocycles. The molecule has 0 spiro atoms. The molecule has 0 saturated heterocycles. The van der Waals surface area contributed by atoms with Crippen LogP contribution in [0.5, 0.6) is 0 Å². The number of sulfonamides is 1. The summed E-state index contributed by atoms with van der Waals surface area (Å²) in [5, 5.41) is 2.77. The molecule has 10 heteroatoms. The van der Waals surface area contributed by atoms with Gasteiger partial charge in [0, 0.05) is 6.54 Å². The van der Waals surface area contributed by atoms with Crippen molar-refractivity contribution >= 4 is 33.2 Å². The van der Waals surface area contributed by atoms with Gasteiger partial charge < -0.3 is 5.32 Å². The van der Waals surface area contributed by atoms with E-state index in [2.05, 4.69) is 11.9 Å². The van der Waals surface area contributed by atoms with Crippen LogP contribution >= 0.6 is 11.6 Å². The molecular formula is C19H18ClF3N2O3S. The maximum absolute atomic E-state index is 12.9. The predicted octanol–water partition coefficient (Wildman–Crippen LogP) is 4.48. The van der Waals surface area contributed by atoms with Crippen molar-refractivity contribution in [1.29, 1.82) is 0 Å². The number of hydrogen-bond donors (Lipinski definition) is 1. The molecule has 0 heterocycles. The first-order valence-electron chi connectivity index (χ1n) is 8.29. The highest BCUT2D eigenvalue weighted by Gasteiger charge is 2.33. The summed E-state index contributed by atoms with van der Waals surface area (Å²) in [4.78, 5) is 11.8. The van der Waals surface area contributed by atoms with Crippen LogP contribution in [-0.2, 0) is 21.0 Å². The maximum atomic E-state index is 12.9. The minimum absolute atomic E-state index is 0.270. The van der Waals surface area contributed by atoms with Crippen LogP contribution in [0.15, 0.2) is 60.0 Å². The molecule has 2 rings (SSSR count). The Morgan fingerprint density at radius 3 is 2.52 bits per heavy atom. The van der Waals surface area contributed by atoms with Gasteiger partial charge in [-0.25, -0.2) is 8.42 Å². The second-order valence-corrected chi connectivity index (χ2v) is 8.49. The van der Waals surface area contributed by atoms with Gasteiger partial charge >= 0.3 is 6.18 Å². The average Bonchev–Trinajstić information content (AvgIpc) is 2.63. The van der Waals surface area contributed by atoms with Crippen LogP contribution in [0.25, 0.3) is 0 Å². The lowest BCUT2D eigenvalue weighted by atomic mass is 10.2. The Morgan fingerprint density at radius 1 is 1.24 bits per heavy atom. The number of halogens is 4. The number of carbonyl (C=O) groups is 1. The highest BCUT2D eigenvalue weighted by Crippen LogP contribution is 2.31. The Hall–Kier alpha value is -2.36. The second-order valence-electron chi connectivity index (χ2n) is 6.14. The van der Waals surface area contributed by atoms with E-state index in [9.17, 15) is 26.4 Å². The molecule has 0 bridgehead atoms. The van der Waals surface area contributed by atoms with Crippen LogP contribution in [0.3, 0.4) is 0 Å². The molecule has 0 aliphatic heterocycles. The number of aryl methyl sites for hydroxylation is 1. The second kappa shape index (κ2) is 8.98. The average molecular weight is 447 g/mol. The third-order valence-corrected chi connectivity index (χ3v) is 5.97. The van der Waals surface area contributed by atoms with E-state index in [1.165, 1.54) is 6.08 Å². The fourth-order valence-electron chi connectivity index (χ4n) is 2.45. The number of nitrogens with one attached hydrogen (secondary N) is 1. The van der Waals surface area contributed by atoms with Crippen molar-refractivity contribution in [2.24, 2.45) is 0 Å². The van der Waals surface area contributed by atoms with Gasteiger partial charge in [0.1, 0.15) is 0 Å². The number of nitrogens with zero attached hydrogens (tertiary/aromatic N) is 1. The summed E-state index contributed by atoms with van der Waals surface area (Å²) in [6.45, 7) is 4.35. The van der Waals surface area contributed by atoms with Crippen LogP contribution in [0.4, 0.5) is 18.9 Å². The molecule has 1 N–H and O–H groups in total. The summed E-state index contributed by atoms with van der Waals surface area (Å²) in [6, 6.07) is 8.22. The lowest BCUT2D eigenvalue weighted by molar-refractivity contribution is -0.137. The van der Waals surface area contributed by atoms with E-state index >= 15 is 0 Å². The quantitative estimate of drug-likeness (QED) is 0.637. The number of amides is 1. The van der Waals surface area contributed by atoms with E-state index in [1.54, 1.807) is 18.2 Å². The van der Waals surface area contributed by atoms with Crippen LogP contribution in [0.1, 0.15) is 11.1 Å². The first-order chi connectivity index (χ1) is 13.4. The molecule has 0 unspecified atom stereocenters. The van der Waals surface area contributed by atoms with Crippen molar-refractivity contribution in [3.05, 3.63) is 71.3 Å². The standard InChI is InChI=1S/C19H18ClF3N2O3S/c1-3-9-25(12-18(26)24-17-8-7-13(2)10-16(17)20)29(27,28)15-6-4-5-14(11-15)19(21,22)23/h3-8,10-11H,1,9,12H2,2H3,(H,24,26). The Bertz CT molecular complexity index is 1020. The molecule has 2 aromatic carbocycles. The van der Waals surface area contributed by atoms with Gasteiger partial charge in [0.15, 0.2) is 0 Å². The molecule has 1 amide bonds. The number of hydrogen-bond acceptors (Lipinski definition) is 3. The first kappa shape index (κ1) is 22.9. The summed E-state index contributed by atoms with van der Waals surface area (Å²) in [5.41, 5.74) is 0.0544. The lowest BCUT2D eigenvalue weighted by Gasteiger charge is -2.21. The van der Waals surface area contributed by atoms with Crippen LogP contribution in [-0.4, -0.2) is 31.7 Å². The van der Waals surface area contributed by atoms with Crippen molar-refractivity contribution in [2.75, 3.05) is 18.4 Å². The van der Waals surface area contributed by atoms with Crippen molar-refractivity contribution < 1.29 is 26.4 Å². The van der Waals surface area contributed by atoms with Crippen molar-refractivity contribution in [3.63, 3.8) is 0 Å². The third kappa shape index (κ3) is 5.81. The number of rotatable bonds is 7. The van der Waals surface area contributed by atoms with Gasteiger partial charge in [-0.15, -0.1) is 6.58 Å². The van der Waals surface area contributed by atoms with E-state index in [0.29, 0.717) is 6.07 Å². The van der Waals surface area contributed by atoms with Gasteiger partial charge in [0.25, 0.3) is 0 Å². The van der Waals surface area contributed by atoms with Crippen molar-refractivity contribution in [2.45, 2.75) is 18.0 Å². The normalized spacial score (nSPS) is 12.1. The number of alkyl halides is 3. The zero-order valence-electron chi connectivity index (χ0n) is 15.3. The molecular weight excluding hydrogens is 429 g/mol. The molecule has 2 aromatic rings. The van der Waals surface area contributed by atoms with E-state index in [0.717, 1.165) is 28.1 Å². The van der Waals surface area contributed by atoms with E-state index in [1.807, 2.05) is 6.92 Å². The molecule has 0 atom stereocenters. The summed E-state index contributed by atoms with van der Waals surface area (Å²) in [5.74, 6) is -0.701. The first-order valence-corrected chi connectivity index (χ1v) is 10.1. The van der Waals surface area contributed by atoms with Crippen LogP contribution in [0.2, 0.25) is 5.02 Å². The molecule has 5 nitrogen and oxygen atoms in total. The Kier molecular flexibility index (Phi) is 7.10. The monoisotopic (exact) mass is 446 g/mol. The summed E-state index contributed by atoms with van der Waals surface area (Å²) in [6.07, 6.45) is -3.47. The lowest BCUT2D eigenvalue weighted by Crippen LogP contribution is -2.38. The fourth-order valence-corrected chi connectivity index (χ4v) is 4.14. The minimum Gasteiger partial charge on any atom is -0.324 e. The van der Waals surface area contributed by atoms with Gasteiger partial charge in [0.05, 0.1) is 27.7 Å². The summed E-state index contributed by atoms with van der Waals surface area (Å²) < 4.78 is 65.1. The van der Waals surface area contributed by atoms with Gasteiger partial charge in [0.2, 0.25) is 15.9 Å².